The number of nitrogens with one attached hydrogen (secondary N) is 1. The summed E-state index contributed by atoms with van der Waals surface area (Å²) in [5, 5.41) is 12.1. The van der Waals surface area contributed by atoms with Crippen LogP contribution in [0.1, 0.15) is 65.3 Å². The molecule has 8 heteroatoms. The van der Waals surface area contributed by atoms with E-state index in [9.17, 15) is 14.0 Å². The third-order valence-corrected chi connectivity index (χ3v) is 6.74. The molecule has 0 bridgehead atoms. The van der Waals surface area contributed by atoms with Gasteiger partial charge >= 0.3 is 5.97 Å². The van der Waals surface area contributed by atoms with Gasteiger partial charge in [-0.25, -0.2) is 14.4 Å². The molecule has 1 atom stereocenters. The molecule has 0 fully saturated rings. The molecule has 2 N–H and O–H groups in total. The molecule has 4 aromatic rings. The molecule has 1 aliphatic rings. The van der Waals surface area contributed by atoms with Crippen molar-refractivity contribution < 1.29 is 19.1 Å². The number of hydrogen-bond acceptors (Lipinski definition) is 5. The number of nitrogens with zero attached hydrogens (tertiary/aromatic N) is 3. The average Bonchev–Trinajstić information content (AvgIpc) is 2.91. The molecule has 188 valence electrons. The Bertz CT molecular complexity index is 1460. The zero-order valence-corrected chi connectivity index (χ0v) is 20.3. The van der Waals surface area contributed by atoms with Crippen molar-refractivity contribution in [2.45, 2.75) is 51.0 Å². The van der Waals surface area contributed by atoms with Crippen molar-refractivity contribution in [3.05, 3.63) is 89.1 Å². The first-order chi connectivity index (χ1) is 18.0. The maximum Gasteiger partial charge on any atom is 0.303 e. The van der Waals surface area contributed by atoms with Crippen molar-refractivity contribution in [3.63, 3.8) is 0 Å². The molecule has 0 saturated carbocycles. The summed E-state index contributed by atoms with van der Waals surface area (Å²) in [6.07, 6.45) is 8.20. The van der Waals surface area contributed by atoms with Crippen molar-refractivity contribution in [1.82, 2.24) is 20.3 Å². The Labute approximate surface area is 213 Å². The van der Waals surface area contributed by atoms with E-state index in [1.165, 1.54) is 17.7 Å². The number of benzene rings is 2. The first-order valence-corrected chi connectivity index (χ1v) is 12.5. The van der Waals surface area contributed by atoms with Crippen LogP contribution in [0.4, 0.5) is 4.39 Å². The number of carboxylic acids is 1. The molecule has 5 rings (SSSR count). The fraction of sp³-hybridized carbons (Fsp3) is 0.276. The molecule has 2 heterocycles. The predicted octanol–water partition coefficient (Wildman–Crippen LogP) is 5.44. The summed E-state index contributed by atoms with van der Waals surface area (Å²) in [5.41, 5.74) is 6.03. The molecular formula is C29H27FN4O3. The van der Waals surface area contributed by atoms with Gasteiger partial charge in [0.15, 0.2) is 0 Å². The predicted molar refractivity (Wildman–Crippen MR) is 138 cm³/mol. The standard InChI is InChI=1S/C29H27FN4O3/c30-21-11-8-19(9-12-21)28-25(5-1-2-7-27(35)36)32-26-16-20(10-13-24(26)33-28)29(37)34-23-6-3-4-18-14-15-31-17-22(18)23/h8-17,23H,1-7H2,(H,34,37)(H,35,36). The van der Waals surface area contributed by atoms with Crippen molar-refractivity contribution in [2.75, 3.05) is 0 Å². The van der Waals surface area contributed by atoms with Gasteiger partial charge in [0.05, 0.1) is 28.5 Å². The molecule has 7 nitrogen and oxygen atoms in total. The normalized spacial score (nSPS) is 14.8. The lowest BCUT2D eigenvalue weighted by molar-refractivity contribution is -0.137. The number of amides is 1. The topological polar surface area (TPSA) is 105 Å². The zero-order chi connectivity index (χ0) is 25.8. The fourth-order valence-corrected chi connectivity index (χ4v) is 4.83. The Kier molecular flexibility index (Phi) is 7.16. The summed E-state index contributed by atoms with van der Waals surface area (Å²) in [6.45, 7) is 0. The number of fused-ring (bicyclic) bond motifs is 2. The van der Waals surface area contributed by atoms with E-state index < -0.39 is 5.97 Å². The first-order valence-electron chi connectivity index (χ1n) is 12.5. The molecule has 1 unspecified atom stereocenters. The van der Waals surface area contributed by atoms with E-state index in [2.05, 4.69) is 10.3 Å². The molecule has 2 aromatic carbocycles. The number of aryl methyl sites for hydroxylation is 2. The summed E-state index contributed by atoms with van der Waals surface area (Å²) in [6, 6.07) is 13.2. The minimum Gasteiger partial charge on any atom is -0.481 e. The highest BCUT2D eigenvalue weighted by atomic mass is 19.1. The number of carbonyl (C=O) groups is 2. The molecule has 0 spiro atoms. The highest BCUT2D eigenvalue weighted by Crippen LogP contribution is 2.30. The number of aliphatic carboxylic acids is 1. The molecule has 0 saturated heterocycles. The summed E-state index contributed by atoms with van der Waals surface area (Å²) in [7, 11) is 0. The molecule has 1 aliphatic carbocycles. The van der Waals surface area contributed by atoms with Crippen LogP contribution >= 0.6 is 0 Å². The molecule has 2 aromatic heterocycles. The van der Waals surface area contributed by atoms with Crippen LogP contribution in [-0.4, -0.2) is 31.9 Å². The van der Waals surface area contributed by atoms with E-state index in [4.69, 9.17) is 15.1 Å². The number of carbonyl (C=O) groups excluding carboxylic acids is 1. The van der Waals surface area contributed by atoms with Gasteiger partial charge in [-0.05, 0) is 98.2 Å². The molecular weight excluding hydrogens is 471 g/mol. The number of unbranched alkanes of at least 4 members (excludes halogenated alkanes) is 1. The fourth-order valence-electron chi connectivity index (χ4n) is 4.83. The maximum atomic E-state index is 13.5. The van der Waals surface area contributed by atoms with Gasteiger partial charge in [-0.3, -0.25) is 14.6 Å². The smallest absolute Gasteiger partial charge is 0.303 e. The van der Waals surface area contributed by atoms with Crippen LogP contribution in [0.2, 0.25) is 0 Å². The SMILES string of the molecule is O=C(O)CCCCc1nc2cc(C(=O)NC3CCCc4ccncc43)ccc2nc1-c1ccc(F)cc1. The van der Waals surface area contributed by atoms with Crippen LogP contribution in [0.15, 0.2) is 60.9 Å². The summed E-state index contributed by atoms with van der Waals surface area (Å²) >= 11 is 0. The van der Waals surface area contributed by atoms with E-state index in [1.54, 1.807) is 36.5 Å². The number of halogens is 1. The Morgan fingerprint density at radius 2 is 1.86 bits per heavy atom. The van der Waals surface area contributed by atoms with E-state index >= 15 is 0 Å². The van der Waals surface area contributed by atoms with Crippen molar-refractivity contribution in [1.29, 1.82) is 0 Å². The number of rotatable bonds is 8. The minimum absolute atomic E-state index is 0.0804. The van der Waals surface area contributed by atoms with Crippen molar-refractivity contribution >= 4 is 22.9 Å². The van der Waals surface area contributed by atoms with E-state index in [1.807, 2.05) is 12.3 Å². The lowest BCUT2D eigenvalue weighted by atomic mass is 9.89. The van der Waals surface area contributed by atoms with Crippen molar-refractivity contribution in [3.8, 4) is 11.3 Å². The Balaban J connectivity index is 1.43. The average molecular weight is 499 g/mol. The van der Waals surface area contributed by atoms with E-state index in [-0.39, 0.29) is 24.2 Å². The Morgan fingerprint density at radius 1 is 1.03 bits per heavy atom. The van der Waals surface area contributed by atoms with Gasteiger partial charge in [0, 0.05) is 29.9 Å². The number of aromatic nitrogens is 3. The van der Waals surface area contributed by atoms with E-state index in [0.29, 0.717) is 47.2 Å². The van der Waals surface area contributed by atoms with Gasteiger partial charge in [-0.15, -0.1) is 0 Å². The van der Waals surface area contributed by atoms with Crippen LogP contribution in [0.5, 0.6) is 0 Å². The molecule has 0 aliphatic heterocycles. The monoisotopic (exact) mass is 498 g/mol. The van der Waals surface area contributed by atoms with E-state index in [0.717, 1.165) is 30.4 Å². The van der Waals surface area contributed by atoms with Crippen LogP contribution in [0.3, 0.4) is 0 Å². The first kappa shape index (κ1) is 24.5. The highest BCUT2D eigenvalue weighted by molar-refractivity contribution is 5.97. The number of pyridine rings is 1. The third kappa shape index (κ3) is 5.63. The van der Waals surface area contributed by atoms with Crippen LogP contribution in [-0.2, 0) is 17.6 Å². The summed E-state index contributed by atoms with van der Waals surface area (Å²) in [5.74, 6) is -1.36. The Hall–Kier alpha value is -4.20. The zero-order valence-electron chi connectivity index (χ0n) is 20.3. The quantitative estimate of drug-likeness (QED) is 0.314. The second kappa shape index (κ2) is 10.8. The highest BCUT2D eigenvalue weighted by Gasteiger charge is 2.23. The third-order valence-electron chi connectivity index (χ3n) is 6.74. The van der Waals surface area contributed by atoms with Gasteiger partial charge in [0.1, 0.15) is 5.82 Å². The van der Waals surface area contributed by atoms with Gasteiger partial charge in [-0.1, -0.05) is 0 Å². The second-order valence-electron chi connectivity index (χ2n) is 9.32. The molecule has 37 heavy (non-hydrogen) atoms. The van der Waals surface area contributed by atoms with Crippen LogP contribution < -0.4 is 5.32 Å². The Morgan fingerprint density at radius 3 is 2.68 bits per heavy atom. The number of carboxylic acid groups (broad SMARTS) is 1. The van der Waals surface area contributed by atoms with Gasteiger partial charge in [0.2, 0.25) is 0 Å². The van der Waals surface area contributed by atoms with Crippen LogP contribution in [0, 0.1) is 5.82 Å². The molecule has 0 radical (unpaired) electrons. The molecule has 1 amide bonds. The van der Waals surface area contributed by atoms with Crippen LogP contribution in [0.25, 0.3) is 22.3 Å². The summed E-state index contributed by atoms with van der Waals surface area (Å²) < 4.78 is 13.5. The second-order valence-corrected chi connectivity index (χ2v) is 9.32. The maximum absolute atomic E-state index is 13.5. The van der Waals surface area contributed by atoms with Gasteiger partial charge < -0.3 is 10.4 Å². The van der Waals surface area contributed by atoms with Gasteiger partial charge in [-0.2, -0.15) is 0 Å². The largest absolute Gasteiger partial charge is 0.481 e. The van der Waals surface area contributed by atoms with Crippen molar-refractivity contribution in [2.24, 2.45) is 0 Å². The van der Waals surface area contributed by atoms with Gasteiger partial charge in [0.25, 0.3) is 5.91 Å². The lowest BCUT2D eigenvalue weighted by Gasteiger charge is -2.25. The summed E-state index contributed by atoms with van der Waals surface area (Å²) in [4.78, 5) is 37.9. The lowest BCUT2D eigenvalue weighted by Crippen LogP contribution is -2.31. The minimum atomic E-state index is -0.838. The number of hydrogen-bond donors (Lipinski definition) is 2.